The van der Waals surface area contributed by atoms with Crippen molar-refractivity contribution in [3.05, 3.63) is 66.6 Å². The molecule has 206 valence electrons. The molecule has 4 heterocycles. The normalized spacial score (nSPS) is 19.3. The number of nitrogens with zero attached hydrogens (tertiary/aromatic N) is 6. The lowest BCUT2D eigenvalue weighted by atomic mass is 10.1. The molecule has 2 saturated heterocycles. The summed E-state index contributed by atoms with van der Waals surface area (Å²) in [5, 5.41) is 21.4. The summed E-state index contributed by atoms with van der Waals surface area (Å²) in [4.78, 5) is 22.9. The zero-order valence-corrected chi connectivity index (χ0v) is 22.8. The van der Waals surface area contributed by atoms with Crippen LogP contribution >= 0.6 is 0 Å². The highest BCUT2D eigenvalue weighted by Crippen LogP contribution is 2.34. The Balaban J connectivity index is 1.28. The van der Waals surface area contributed by atoms with Crippen LogP contribution in [0.1, 0.15) is 19.0 Å². The highest BCUT2D eigenvalue weighted by atomic mass is 16.3. The molecule has 1 amide bonds. The van der Waals surface area contributed by atoms with Gasteiger partial charge in [0, 0.05) is 49.3 Å². The van der Waals surface area contributed by atoms with Crippen molar-refractivity contribution in [3.63, 3.8) is 0 Å². The molecule has 0 bridgehead atoms. The highest BCUT2D eigenvalue weighted by molar-refractivity contribution is 5.79. The van der Waals surface area contributed by atoms with Crippen molar-refractivity contribution in [1.82, 2.24) is 25.4 Å². The van der Waals surface area contributed by atoms with Crippen LogP contribution in [-0.2, 0) is 4.79 Å². The molecule has 10 nitrogen and oxygen atoms in total. The maximum Gasteiger partial charge on any atom is 0.224 e. The number of anilines is 3. The van der Waals surface area contributed by atoms with Crippen LogP contribution in [0.15, 0.2) is 60.9 Å². The minimum Gasteiger partial charge on any atom is -0.507 e. The number of hydrogen-bond acceptors (Lipinski definition) is 9. The molecule has 4 N–H and O–H groups in total. The number of piperazine rings is 1. The Bertz CT molecular complexity index is 1480. The fourth-order valence-electron chi connectivity index (χ4n) is 5.43. The van der Waals surface area contributed by atoms with Crippen molar-refractivity contribution in [2.75, 3.05) is 55.3 Å². The molecule has 2 fully saturated rings. The number of aromatic nitrogens is 3. The molecule has 2 atom stereocenters. The number of phenols is 1. The van der Waals surface area contributed by atoms with Gasteiger partial charge in [-0.3, -0.25) is 9.69 Å². The van der Waals surface area contributed by atoms with Crippen LogP contribution in [0, 0.1) is 17.8 Å². The van der Waals surface area contributed by atoms with Crippen molar-refractivity contribution in [2.45, 2.75) is 19.4 Å². The minimum atomic E-state index is 0.0368. The molecule has 5 rings (SSSR count). The molecule has 0 aliphatic carbocycles. The molecule has 0 radical (unpaired) electrons. The number of para-hydroxylation sites is 1. The van der Waals surface area contributed by atoms with E-state index in [2.05, 4.69) is 60.5 Å². The van der Waals surface area contributed by atoms with Crippen LogP contribution in [0.3, 0.4) is 0 Å². The molecule has 1 aromatic carbocycles. The van der Waals surface area contributed by atoms with Gasteiger partial charge in [-0.15, -0.1) is 10.2 Å². The van der Waals surface area contributed by atoms with Crippen LogP contribution < -0.4 is 20.9 Å². The van der Waals surface area contributed by atoms with Gasteiger partial charge in [-0.05, 0) is 56.1 Å². The van der Waals surface area contributed by atoms with Crippen LogP contribution in [-0.4, -0.2) is 76.9 Å². The van der Waals surface area contributed by atoms with E-state index < -0.39 is 0 Å². The average Bonchev–Trinajstić information content (AvgIpc) is 3.42. The third-order valence-corrected chi connectivity index (χ3v) is 7.39. The second kappa shape index (κ2) is 11.6. The van der Waals surface area contributed by atoms with Gasteiger partial charge in [0.05, 0.1) is 30.4 Å². The monoisotopic (exact) mass is 538 g/mol. The summed E-state index contributed by atoms with van der Waals surface area (Å²) >= 11 is 0. The Kier molecular flexibility index (Phi) is 7.84. The molecule has 3 aromatic rings. The Morgan fingerprint density at radius 3 is 2.83 bits per heavy atom. The van der Waals surface area contributed by atoms with Gasteiger partial charge in [0.2, 0.25) is 5.91 Å². The molecule has 2 aliphatic rings. The van der Waals surface area contributed by atoms with Crippen LogP contribution in [0.2, 0.25) is 0 Å². The molecule has 0 saturated carbocycles. The smallest absolute Gasteiger partial charge is 0.224 e. The summed E-state index contributed by atoms with van der Waals surface area (Å²) < 4.78 is 0. The fourth-order valence-corrected chi connectivity index (χ4v) is 5.43. The molecule has 2 aliphatic heterocycles. The van der Waals surface area contributed by atoms with Crippen molar-refractivity contribution in [2.24, 2.45) is 5.92 Å². The molecule has 2 unspecified atom stereocenters. The predicted octanol–water partition coefficient (Wildman–Crippen LogP) is 2.47. The SMILES string of the molecule is C=C1CN(c2cc(-c3ccccc3O)nnc2N)CC(C)N1c1ccnc(C#CCN2CCC(C(=O)NC)C2)c1. The zero-order chi connectivity index (χ0) is 28.2. The summed E-state index contributed by atoms with van der Waals surface area (Å²) in [6, 6.07) is 12.9. The van der Waals surface area contributed by atoms with Crippen molar-refractivity contribution in [3.8, 4) is 28.8 Å². The fraction of sp³-hybridized carbons (Fsp3) is 0.333. The van der Waals surface area contributed by atoms with E-state index in [1.165, 1.54) is 0 Å². The van der Waals surface area contributed by atoms with Gasteiger partial charge in [0.25, 0.3) is 0 Å². The van der Waals surface area contributed by atoms with E-state index in [-0.39, 0.29) is 23.6 Å². The lowest BCUT2D eigenvalue weighted by Gasteiger charge is -2.43. The van der Waals surface area contributed by atoms with E-state index in [0.717, 1.165) is 36.6 Å². The Labute approximate surface area is 234 Å². The lowest BCUT2D eigenvalue weighted by molar-refractivity contribution is -0.124. The third-order valence-electron chi connectivity index (χ3n) is 7.39. The molecule has 40 heavy (non-hydrogen) atoms. The summed E-state index contributed by atoms with van der Waals surface area (Å²) in [7, 11) is 1.68. The topological polar surface area (TPSA) is 124 Å². The quantitative estimate of drug-likeness (QED) is 0.420. The minimum absolute atomic E-state index is 0.0368. The number of hydrogen-bond donors (Lipinski definition) is 3. The van der Waals surface area contributed by atoms with Crippen molar-refractivity contribution in [1.29, 1.82) is 0 Å². The van der Waals surface area contributed by atoms with Gasteiger partial charge in [-0.1, -0.05) is 24.6 Å². The number of phenolic OH excluding ortho intramolecular Hbond substituents is 1. The van der Waals surface area contributed by atoms with Crippen LogP contribution in [0.25, 0.3) is 11.3 Å². The maximum atomic E-state index is 11.9. The van der Waals surface area contributed by atoms with Gasteiger partial charge in [-0.25, -0.2) is 4.98 Å². The second-order valence-corrected chi connectivity index (χ2v) is 10.2. The van der Waals surface area contributed by atoms with E-state index in [1.807, 2.05) is 24.3 Å². The second-order valence-electron chi connectivity index (χ2n) is 10.2. The summed E-state index contributed by atoms with van der Waals surface area (Å²) in [5.41, 5.74) is 10.7. The summed E-state index contributed by atoms with van der Waals surface area (Å²) in [5.74, 6) is 7.00. The Morgan fingerprint density at radius 1 is 1.23 bits per heavy atom. The number of carbonyl (C=O) groups is 1. The third kappa shape index (κ3) is 5.70. The molecule has 2 aromatic heterocycles. The van der Waals surface area contributed by atoms with E-state index in [9.17, 15) is 9.90 Å². The van der Waals surface area contributed by atoms with E-state index in [4.69, 9.17) is 5.73 Å². The standard InChI is InChI=1S/C30H34N8O2/c1-20-17-37(27-16-26(34-35-29(27)31)25-8-4-5-9-28(25)39)18-21(2)38(20)24-10-12-33-23(15-24)7-6-13-36-14-11-22(19-36)30(40)32-3/h4-5,8-10,12,15-16,21-22,39H,1,11,13-14,17-19H2,2-3H3,(H2,31,35)(H,32,40). The number of rotatable bonds is 5. The first-order valence-corrected chi connectivity index (χ1v) is 13.4. The predicted molar refractivity (Wildman–Crippen MR) is 157 cm³/mol. The Hall–Kier alpha value is -4.62. The van der Waals surface area contributed by atoms with Gasteiger partial charge in [0.1, 0.15) is 11.4 Å². The van der Waals surface area contributed by atoms with Crippen molar-refractivity contribution < 1.29 is 9.90 Å². The largest absolute Gasteiger partial charge is 0.507 e. The lowest BCUT2D eigenvalue weighted by Crippen LogP contribution is -2.50. The van der Waals surface area contributed by atoms with Crippen LogP contribution in [0.4, 0.5) is 17.2 Å². The van der Waals surface area contributed by atoms with E-state index in [1.54, 1.807) is 31.4 Å². The average molecular weight is 539 g/mol. The molecule has 0 spiro atoms. The number of likely N-dealkylation sites (tertiary alicyclic amines) is 1. The zero-order valence-electron chi connectivity index (χ0n) is 22.8. The number of nitrogens with one attached hydrogen (secondary N) is 1. The summed E-state index contributed by atoms with van der Waals surface area (Å²) in [6.07, 6.45) is 2.63. The van der Waals surface area contributed by atoms with Gasteiger partial charge < -0.3 is 26.0 Å². The molecular weight excluding hydrogens is 504 g/mol. The number of amides is 1. The number of carbonyl (C=O) groups excluding carboxylic acids is 1. The van der Waals surface area contributed by atoms with Crippen molar-refractivity contribution >= 4 is 23.1 Å². The number of nitrogens with two attached hydrogens (primary N) is 1. The first-order valence-electron chi connectivity index (χ1n) is 13.4. The van der Waals surface area contributed by atoms with E-state index in [0.29, 0.717) is 42.4 Å². The highest BCUT2D eigenvalue weighted by Gasteiger charge is 2.29. The Morgan fingerprint density at radius 2 is 2.05 bits per heavy atom. The van der Waals surface area contributed by atoms with Gasteiger partial charge >= 0.3 is 0 Å². The molecular formula is C30H34N8O2. The number of aromatic hydroxyl groups is 1. The van der Waals surface area contributed by atoms with E-state index >= 15 is 0 Å². The first-order chi connectivity index (χ1) is 19.3. The van der Waals surface area contributed by atoms with Gasteiger partial charge in [0.15, 0.2) is 5.82 Å². The maximum absolute atomic E-state index is 11.9. The van der Waals surface area contributed by atoms with Crippen LogP contribution in [0.5, 0.6) is 5.75 Å². The summed E-state index contributed by atoms with van der Waals surface area (Å²) in [6.45, 7) is 9.93. The first kappa shape index (κ1) is 27.0. The number of benzene rings is 1. The van der Waals surface area contributed by atoms with Gasteiger partial charge in [-0.2, -0.15) is 0 Å². The number of pyridine rings is 1. The number of nitrogen functional groups attached to an aromatic ring is 1. The molecule has 10 heteroatoms.